The highest BCUT2D eigenvalue weighted by atomic mass is 16.6. The Morgan fingerprint density at radius 2 is 1.91 bits per heavy atom. The van der Waals surface area contributed by atoms with Gasteiger partial charge in [0.25, 0.3) is 6.02 Å². The molecule has 0 fully saturated rings. The van der Waals surface area contributed by atoms with Gasteiger partial charge >= 0.3 is 11.6 Å². The zero-order valence-corrected chi connectivity index (χ0v) is 13.6. The Morgan fingerprint density at radius 3 is 2.57 bits per heavy atom. The molecule has 0 saturated heterocycles. The van der Waals surface area contributed by atoms with E-state index in [0.29, 0.717) is 11.0 Å². The standard InChI is InChI=1S/C17H20N2O4/c1-10(2)18-17(19-11(3)4)23-16(21)13-9-12-7-5-6-8-14(12)22-15(13)20/h5-11H,1-4H3,(H,18,19). The number of para-hydroxylation sites is 1. The third kappa shape index (κ3) is 4.42. The molecule has 1 N–H and O–H groups in total. The largest absolute Gasteiger partial charge is 0.422 e. The summed E-state index contributed by atoms with van der Waals surface area (Å²) >= 11 is 0. The van der Waals surface area contributed by atoms with E-state index >= 15 is 0 Å². The Hall–Kier alpha value is -2.63. The van der Waals surface area contributed by atoms with E-state index in [9.17, 15) is 9.59 Å². The number of hydrogen-bond donors (Lipinski definition) is 1. The molecule has 0 amide bonds. The van der Waals surface area contributed by atoms with Crippen molar-refractivity contribution >= 4 is 23.0 Å². The van der Waals surface area contributed by atoms with Crippen molar-refractivity contribution in [3.8, 4) is 0 Å². The van der Waals surface area contributed by atoms with Gasteiger partial charge in [-0.25, -0.2) is 14.6 Å². The normalized spacial score (nSPS) is 12.0. The van der Waals surface area contributed by atoms with E-state index in [-0.39, 0.29) is 23.7 Å². The molecular formula is C17H20N2O4. The van der Waals surface area contributed by atoms with Crippen LogP contribution in [0.1, 0.15) is 38.1 Å². The van der Waals surface area contributed by atoms with Crippen LogP contribution in [0.4, 0.5) is 0 Å². The Labute approximate surface area is 134 Å². The van der Waals surface area contributed by atoms with E-state index in [1.54, 1.807) is 24.3 Å². The third-order valence-corrected chi connectivity index (χ3v) is 2.84. The van der Waals surface area contributed by atoms with Crippen LogP contribution in [-0.2, 0) is 4.74 Å². The smallest absolute Gasteiger partial charge is 0.353 e. The minimum Gasteiger partial charge on any atom is -0.422 e. The molecule has 0 spiro atoms. The molecule has 1 aromatic heterocycles. The van der Waals surface area contributed by atoms with Crippen LogP contribution in [0.5, 0.6) is 0 Å². The second-order valence-corrected chi connectivity index (χ2v) is 5.70. The molecule has 1 aromatic carbocycles. The lowest BCUT2D eigenvalue weighted by molar-refractivity contribution is 0.0701. The summed E-state index contributed by atoms with van der Waals surface area (Å²) < 4.78 is 10.4. The van der Waals surface area contributed by atoms with Gasteiger partial charge in [-0.15, -0.1) is 0 Å². The van der Waals surface area contributed by atoms with E-state index in [1.807, 2.05) is 27.7 Å². The number of fused-ring (bicyclic) bond motifs is 1. The number of nitrogens with one attached hydrogen (secondary N) is 1. The van der Waals surface area contributed by atoms with Crippen molar-refractivity contribution < 1.29 is 13.9 Å². The number of nitrogens with zero attached hydrogens (tertiary/aromatic N) is 1. The van der Waals surface area contributed by atoms with Gasteiger partial charge in [0.1, 0.15) is 11.1 Å². The fourth-order valence-corrected chi connectivity index (χ4v) is 1.92. The van der Waals surface area contributed by atoms with Crippen molar-refractivity contribution in [2.24, 2.45) is 4.99 Å². The molecule has 6 heteroatoms. The van der Waals surface area contributed by atoms with Crippen LogP contribution < -0.4 is 10.9 Å². The molecular weight excluding hydrogens is 296 g/mol. The zero-order chi connectivity index (χ0) is 17.0. The van der Waals surface area contributed by atoms with Crippen LogP contribution in [0, 0.1) is 0 Å². The van der Waals surface area contributed by atoms with Crippen molar-refractivity contribution in [3.63, 3.8) is 0 Å². The lowest BCUT2D eigenvalue weighted by Gasteiger charge is -2.13. The van der Waals surface area contributed by atoms with Crippen molar-refractivity contribution in [2.45, 2.75) is 39.8 Å². The van der Waals surface area contributed by atoms with Crippen LogP contribution in [0.15, 0.2) is 44.5 Å². The Balaban J connectivity index is 2.32. The Kier molecular flexibility index (Phi) is 5.16. The van der Waals surface area contributed by atoms with Gasteiger partial charge in [0.15, 0.2) is 0 Å². The van der Waals surface area contributed by atoms with Gasteiger partial charge in [-0.3, -0.25) is 0 Å². The van der Waals surface area contributed by atoms with Gasteiger partial charge in [0.2, 0.25) is 0 Å². The molecule has 122 valence electrons. The fraction of sp³-hybridized carbons (Fsp3) is 0.353. The third-order valence-electron chi connectivity index (χ3n) is 2.84. The number of aliphatic imine (C=N–C) groups is 1. The first-order valence-electron chi connectivity index (χ1n) is 7.46. The second-order valence-electron chi connectivity index (χ2n) is 5.70. The number of carbonyl (C=O) groups is 1. The summed E-state index contributed by atoms with van der Waals surface area (Å²) in [5, 5.41) is 3.59. The van der Waals surface area contributed by atoms with Crippen LogP contribution in [0.2, 0.25) is 0 Å². The summed E-state index contributed by atoms with van der Waals surface area (Å²) in [6.07, 6.45) is 0. The van der Waals surface area contributed by atoms with Crippen molar-refractivity contribution in [1.29, 1.82) is 0 Å². The topological polar surface area (TPSA) is 80.9 Å². The number of benzene rings is 1. The number of esters is 1. The summed E-state index contributed by atoms with van der Waals surface area (Å²) in [4.78, 5) is 28.5. The van der Waals surface area contributed by atoms with E-state index < -0.39 is 11.6 Å². The van der Waals surface area contributed by atoms with Crippen LogP contribution >= 0.6 is 0 Å². The monoisotopic (exact) mass is 316 g/mol. The highest BCUT2D eigenvalue weighted by Crippen LogP contribution is 2.13. The van der Waals surface area contributed by atoms with Gasteiger partial charge in [-0.05, 0) is 39.8 Å². The average Bonchev–Trinajstić information content (AvgIpc) is 2.44. The number of rotatable bonds is 3. The lowest BCUT2D eigenvalue weighted by atomic mass is 10.2. The van der Waals surface area contributed by atoms with Gasteiger partial charge in [-0.1, -0.05) is 18.2 Å². The minimum absolute atomic E-state index is 0.0355. The molecule has 6 nitrogen and oxygen atoms in total. The molecule has 0 atom stereocenters. The quantitative estimate of drug-likeness (QED) is 0.407. The molecule has 0 aliphatic heterocycles. The van der Waals surface area contributed by atoms with Gasteiger partial charge in [0, 0.05) is 17.5 Å². The van der Waals surface area contributed by atoms with Crippen LogP contribution in [0.3, 0.4) is 0 Å². The number of hydrogen-bond acceptors (Lipinski definition) is 5. The van der Waals surface area contributed by atoms with Crippen LogP contribution in [-0.4, -0.2) is 24.1 Å². The Morgan fingerprint density at radius 1 is 1.22 bits per heavy atom. The van der Waals surface area contributed by atoms with E-state index in [2.05, 4.69) is 10.3 Å². The first-order chi connectivity index (χ1) is 10.9. The molecule has 2 aromatic rings. The first-order valence-corrected chi connectivity index (χ1v) is 7.46. The van der Waals surface area contributed by atoms with Crippen molar-refractivity contribution in [2.75, 3.05) is 0 Å². The van der Waals surface area contributed by atoms with Gasteiger partial charge in [-0.2, -0.15) is 0 Å². The van der Waals surface area contributed by atoms with Crippen molar-refractivity contribution in [3.05, 3.63) is 46.3 Å². The van der Waals surface area contributed by atoms with Crippen molar-refractivity contribution in [1.82, 2.24) is 5.32 Å². The summed E-state index contributed by atoms with van der Waals surface area (Å²) in [6, 6.07) is 8.50. The van der Waals surface area contributed by atoms with Gasteiger partial charge in [0.05, 0.1) is 0 Å². The number of carbonyl (C=O) groups excluding carboxylic acids is 1. The predicted octanol–water partition coefficient (Wildman–Crippen LogP) is 2.71. The maximum atomic E-state index is 12.3. The average molecular weight is 316 g/mol. The van der Waals surface area contributed by atoms with E-state index in [0.717, 1.165) is 0 Å². The molecule has 0 aliphatic rings. The highest BCUT2D eigenvalue weighted by Gasteiger charge is 2.18. The summed E-state index contributed by atoms with van der Waals surface area (Å²) in [6.45, 7) is 7.52. The number of amidine groups is 1. The van der Waals surface area contributed by atoms with E-state index in [4.69, 9.17) is 9.15 Å². The number of ether oxygens (including phenoxy) is 1. The highest BCUT2D eigenvalue weighted by molar-refractivity contribution is 5.99. The molecule has 0 unspecified atom stereocenters. The second kappa shape index (κ2) is 7.09. The maximum Gasteiger partial charge on any atom is 0.353 e. The maximum absolute atomic E-state index is 12.3. The molecule has 2 rings (SSSR count). The predicted molar refractivity (Wildman–Crippen MR) is 88.7 cm³/mol. The Bertz CT molecular complexity index is 791. The lowest BCUT2D eigenvalue weighted by Crippen LogP contribution is -2.35. The zero-order valence-electron chi connectivity index (χ0n) is 13.6. The summed E-state index contributed by atoms with van der Waals surface area (Å²) in [7, 11) is 0. The molecule has 0 bridgehead atoms. The summed E-state index contributed by atoms with van der Waals surface area (Å²) in [5.41, 5.74) is -0.474. The van der Waals surface area contributed by atoms with Crippen LogP contribution in [0.25, 0.3) is 11.0 Å². The molecule has 0 aliphatic carbocycles. The first kappa shape index (κ1) is 16.7. The fourth-order valence-electron chi connectivity index (χ4n) is 1.92. The van der Waals surface area contributed by atoms with E-state index in [1.165, 1.54) is 6.07 Å². The SMILES string of the molecule is CC(C)N=C(NC(C)C)OC(=O)c1cc2ccccc2oc1=O. The molecule has 0 radical (unpaired) electrons. The molecule has 0 saturated carbocycles. The molecule has 23 heavy (non-hydrogen) atoms. The van der Waals surface area contributed by atoms with Gasteiger partial charge < -0.3 is 14.5 Å². The summed E-state index contributed by atoms with van der Waals surface area (Å²) in [5.74, 6) is -0.794. The molecule has 1 heterocycles. The minimum atomic E-state index is -0.794.